The van der Waals surface area contributed by atoms with E-state index in [0.29, 0.717) is 29.6 Å². The molecule has 30 heavy (non-hydrogen) atoms. The summed E-state index contributed by atoms with van der Waals surface area (Å²) in [5.41, 5.74) is 1.22. The highest BCUT2D eigenvalue weighted by Gasteiger charge is 2.35. The van der Waals surface area contributed by atoms with E-state index >= 15 is 0 Å². The zero-order chi connectivity index (χ0) is 21.3. The van der Waals surface area contributed by atoms with Gasteiger partial charge in [0.05, 0.1) is 11.3 Å². The third kappa shape index (κ3) is 4.16. The number of fused-ring (bicyclic) bond motifs is 1. The van der Waals surface area contributed by atoms with Gasteiger partial charge in [-0.2, -0.15) is 13.2 Å². The lowest BCUT2D eigenvalue weighted by molar-refractivity contribution is -0.145. The van der Waals surface area contributed by atoms with E-state index < -0.39 is 12.0 Å². The second-order valence-corrected chi connectivity index (χ2v) is 7.74. The second-order valence-electron chi connectivity index (χ2n) is 6.78. The standard InChI is InChI=1S/C21H16F3N3O2S/c22-21(23,24)20-25-16-8-2-1-7-15(16)19(26-20)30-12-17(28)13-5-3-6-14(11-13)27-10-4-9-18(27)29/h1-3,5-8,11H,4,9-10,12H2. The number of ketones is 1. The summed E-state index contributed by atoms with van der Waals surface area (Å²) in [5.74, 6) is -1.56. The minimum atomic E-state index is -4.68. The van der Waals surface area contributed by atoms with Crippen LogP contribution in [-0.2, 0) is 11.0 Å². The molecule has 3 aromatic rings. The molecule has 0 radical (unpaired) electrons. The number of carbonyl (C=O) groups excluding carboxylic acids is 2. The Balaban J connectivity index is 1.57. The Morgan fingerprint density at radius 3 is 2.63 bits per heavy atom. The van der Waals surface area contributed by atoms with Crippen LogP contribution in [0.1, 0.15) is 29.0 Å². The Bertz CT molecular complexity index is 1130. The topological polar surface area (TPSA) is 63.2 Å². The molecule has 2 aromatic carbocycles. The van der Waals surface area contributed by atoms with Crippen molar-refractivity contribution in [3.8, 4) is 0 Å². The van der Waals surface area contributed by atoms with Gasteiger partial charge in [-0.1, -0.05) is 42.1 Å². The van der Waals surface area contributed by atoms with Gasteiger partial charge < -0.3 is 4.90 Å². The van der Waals surface area contributed by atoms with Gasteiger partial charge in [-0.25, -0.2) is 9.97 Å². The maximum Gasteiger partial charge on any atom is 0.451 e. The van der Waals surface area contributed by atoms with Crippen molar-refractivity contribution in [1.82, 2.24) is 9.97 Å². The lowest BCUT2D eigenvalue weighted by Gasteiger charge is -2.16. The van der Waals surface area contributed by atoms with E-state index in [1.165, 1.54) is 6.07 Å². The van der Waals surface area contributed by atoms with Crippen LogP contribution in [0.5, 0.6) is 0 Å². The van der Waals surface area contributed by atoms with Crippen molar-refractivity contribution >= 4 is 40.0 Å². The molecule has 1 aromatic heterocycles. The molecule has 0 saturated carbocycles. The molecule has 0 unspecified atom stereocenters. The molecular formula is C21H16F3N3O2S. The number of para-hydroxylation sites is 1. The first-order chi connectivity index (χ1) is 14.3. The van der Waals surface area contributed by atoms with Crippen molar-refractivity contribution < 1.29 is 22.8 Å². The zero-order valence-electron chi connectivity index (χ0n) is 15.6. The average Bonchev–Trinajstić information content (AvgIpc) is 3.17. The van der Waals surface area contributed by atoms with Gasteiger partial charge in [0.1, 0.15) is 5.03 Å². The molecule has 0 bridgehead atoms. The predicted octanol–water partition coefficient (Wildman–Crippen LogP) is 4.75. The predicted molar refractivity (Wildman–Crippen MR) is 108 cm³/mol. The largest absolute Gasteiger partial charge is 0.451 e. The molecule has 5 nitrogen and oxygen atoms in total. The third-order valence-corrected chi connectivity index (χ3v) is 5.71. The fourth-order valence-electron chi connectivity index (χ4n) is 3.27. The summed E-state index contributed by atoms with van der Waals surface area (Å²) in [6, 6.07) is 13.1. The number of amides is 1. The smallest absolute Gasteiger partial charge is 0.312 e. The fraction of sp³-hybridized carbons (Fsp3) is 0.238. The van der Waals surface area contributed by atoms with Crippen LogP contribution < -0.4 is 4.90 Å². The van der Waals surface area contributed by atoms with Gasteiger partial charge in [-0.3, -0.25) is 9.59 Å². The Morgan fingerprint density at radius 2 is 1.90 bits per heavy atom. The highest BCUT2D eigenvalue weighted by molar-refractivity contribution is 8.00. The van der Waals surface area contributed by atoms with Crippen LogP contribution >= 0.6 is 11.8 Å². The maximum atomic E-state index is 13.2. The molecular weight excluding hydrogens is 415 g/mol. The van der Waals surface area contributed by atoms with Gasteiger partial charge in [0, 0.05) is 29.6 Å². The second kappa shape index (κ2) is 8.06. The number of alkyl halides is 3. The van der Waals surface area contributed by atoms with E-state index in [1.807, 2.05) is 0 Å². The van der Waals surface area contributed by atoms with E-state index in [0.717, 1.165) is 18.2 Å². The Labute approximate surface area is 174 Å². The van der Waals surface area contributed by atoms with E-state index in [2.05, 4.69) is 9.97 Å². The van der Waals surface area contributed by atoms with Gasteiger partial charge >= 0.3 is 6.18 Å². The van der Waals surface area contributed by atoms with Crippen molar-refractivity contribution in [3.05, 3.63) is 59.9 Å². The number of halogens is 3. The van der Waals surface area contributed by atoms with Gasteiger partial charge in [0.2, 0.25) is 11.7 Å². The Morgan fingerprint density at radius 1 is 1.10 bits per heavy atom. The highest BCUT2D eigenvalue weighted by atomic mass is 32.2. The molecule has 1 saturated heterocycles. The number of aromatic nitrogens is 2. The SMILES string of the molecule is O=C(CSc1nc(C(F)(F)F)nc2ccccc12)c1cccc(N2CCCC2=O)c1. The third-order valence-electron chi connectivity index (χ3n) is 4.72. The van der Waals surface area contributed by atoms with Crippen LogP contribution in [0.2, 0.25) is 0 Å². The first-order valence-corrected chi connectivity index (χ1v) is 10.2. The number of Topliss-reactive ketones (excluding diaryl/α,β-unsaturated/α-hetero) is 1. The number of benzene rings is 2. The quantitative estimate of drug-likeness (QED) is 0.331. The molecule has 0 N–H and O–H groups in total. The molecule has 2 heterocycles. The van der Waals surface area contributed by atoms with Crippen LogP contribution in [-0.4, -0.2) is 34.0 Å². The lowest BCUT2D eigenvalue weighted by Crippen LogP contribution is -2.23. The summed E-state index contributed by atoms with van der Waals surface area (Å²) >= 11 is 0.941. The number of hydrogen-bond donors (Lipinski definition) is 0. The molecule has 0 spiro atoms. The summed E-state index contributed by atoms with van der Waals surface area (Å²) in [4.78, 5) is 33.5. The van der Waals surface area contributed by atoms with Gasteiger partial charge in [-0.05, 0) is 24.6 Å². The normalized spacial score (nSPS) is 14.5. The summed E-state index contributed by atoms with van der Waals surface area (Å²) in [6.07, 6.45) is -3.43. The molecule has 1 aliphatic rings. The number of anilines is 1. The number of hydrogen-bond acceptors (Lipinski definition) is 5. The summed E-state index contributed by atoms with van der Waals surface area (Å²) in [6.45, 7) is 0.609. The molecule has 0 aliphatic carbocycles. The van der Waals surface area contributed by atoms with Gasteiger partial charge in [0.15, 0.2) is 5.78 Å². The lowest BCUT2D eigenvalue weighted by atomic mass is 10.1. The molecule has 9 heteroatoms. The summed E-state index contributed by atoms with van der Waals surface area (Å²) in [7, 11) is 0. The number of nitrogens with zero attached hydrogens (tertiary/aromatic N) is 3. The first-order valence-electron chi connectivity index (χ1n) is 9.23. The molecule has 4 rings (SSSR count). The van der Waals surface area contributed by atoms with Crippen molar-refractivity contribution in [2.75, 3.05) is 17.2 Å². The monoisotopic (exact) mass is 431 g/mol. The van der Waals surface area contributed by atoms with Crippen molar-refractivity contribution in [2.24, 2.45) is 0 Å². The highest BCUT2D eigenvalue weighted by Crippen LogP contribution is 2.32. The number of carbonyl (C=O) groups is 2. The molecule has 154 valence electrons. The molecule has 0 atom stereocenters. The molecule has 1 fully saturated rings. The van der Waals surface area contributed by atoms with Crippen LogP contribution in [0.25, 0.3) is 10.9 Å². The van der Waals surface area contributed by atoms with Crippen LogP contribution in [0.3, 0.4) is 0 Å². The Hall–Kier alpha value is -2.94. The van der Waals surface area contributed by atoms with E-state index in [-0.39, 0.29) is 28.0 Å². The fourth-order valence-corrected chi connectivity index (χ4v) is 4.18. The van der Waals surface area contributed by atoms with Crippen molar-refractivity contribution in [2.45, 2.75) is 24.0 Å². The minimum absolute atomic E-state index is 0.0149. The van der Waals surface area contributed by atoms with Crippen LogP contribution in [0, 0.1) is 0 Å². The Kier molecular flexibility index (Phi) is 5.46. The van der Waals surface area contributed by atoms with E-state index in [1.54, 1.807) is 47.4 Å². The van der Waals surface area contributed by atoms with E-state index in [9.17, 15) is 22.8 Å². The number of rotatable bonds is 5. The van der Waals surface area contributed by atoms with Crippen LogP contribution in [0.4, 0.5) is 18.9 Å². The van der Waals surface area contributed by atoms with E-state index in [4.69, 9.17) is 0 Å². The summed E-state index contributed by atoms with van der Waals surface area (Å²) < 4.78 is 39.5. The van der Waals surface area contributed by atoms with Crippen molar-refractivity contribution in [3.63, 3.8) is 0 Å². The van der Waals surface area contributed by atoms with Gasteiger partial charge in [-0.15, -0.1) is 0 Å². The zero-order valence-corrected chi connectivity index (χ0v) is 16.5. The first kappa shape index (κ1) is 20.3. The molecule has 1 amide bonds. The summed E-state index contributed by atoms with van der Waals surface area (Å²) in [5, 5.41) is 0.562. The molecule has 1 aliphatic heterocycles. The maximum absolute atomic E-state index is 13.2. The number of thioether (sulfide) groups is 1. The average molecular weight is 431 g/mol. The minimum Gasteiger partial charge on any atom is -0.312 e. The van der Waals surface area contributed by atoms with Gasteiger partial charge in [0.25, 0.3) is 0 Å². The van der Waals surface area contributed by atoms with Crippen molar-refractivity contribution in [1.29, 1.82) is 0 Å². The van der Waals surface area contributed by atoms with Crippen LogP contribution in [0.15, 0.2) is 53.6 Å².